The lowest BCUT2D eigenvalue weighted by molar-refractivity contribution is 0.0950. The van der Waals surface area contributed by atoms with Crippen molar-refractivity contribution in [3.63, 3.8) is 0 Å². The molecule has 0 saturated heterocycles. The third kappa shape index (κ3) is 2.76. The number of pyridine rings is 1. The van der Waals surface area contributed by atoms with E-state index in [0.29, 0.717) is 18.8 Å². The van der Waals surface area contributed by atoms with Gasteiger partial charge in [0.25, 0.3) is 5.91 Å². The average molecular weight is 247 g/mol. The lowest BCUT2D eigenvalue weighted by Gasteiger charge is -2.04. The van der Waals surface area contributed by atoms with Crippen LogP contribution in [0.1, 0.15) is 10.4 Å². The van der Waals surface area contributed by atoms with Crippen molar-refractivity contribution in [2.24, 2.45) is 0 Å². The van der Waals surface area contributed by atoms with Crippen molar-refractivity contribution in [1.82, 2.24) is 20.1 Å². The third-order valence-electron chi connectivity index (χ3n) is 2.35. The maximum atomic E-state index is 11.7. The molecule has 0 aliphatic heterocycles. The monoisotopic (exact) mass is 247 g/mol. The number of aromatic nitrogens is 3. The van der Waals surface area contributed by atoms with Crippen LogP contribution in [-0.4, -0.2) is 27.2 Å². The smallest absolute Gasteiger partial charge is 0.256 e. The molecule has 18 heavy (non-hydrogen) atoms. The number of amides is 1. The minimum absolute atomic E-state index is 0.0949. The fourth-order valence-corrected chi connectivity index (χ4v) is 1.47. The number of rotatable bonds is 4. The van der Waals surface area contributed by atoms with E-state index in [1.54, 1.807) is 10.9 Å². The van der Waals surface area contributed by atoms with Gasteiger partial charge in [-0.15, -0.1) is 0 Å². The number of H-pyrrole nitrogens is 1. The standard InChI is InChI=1S/C11H13N5O2/c12-8-5-15-16(7-8)4-3-14-11(18)9-6-13-2-1-10(9)17/h1-2,5-7H,3-4,12H2,(H,13,17)(H,14,18). The van der Waals surface area contributed by atoms with Crippen molar-refractivity contribution < 1.29 is 4.79 Å². The van der Waals surface area contributed by atoms with Gasteiger partial charge in [0, 0.05) is 31.2 Å². The summed E-state index contributed by atoms with van der Waals surface area (Å²) in [7, 11) is 0. The topological polar surface area (TPSA) is 106 Å². The normalized spacial score (nSPS) is 10.2. The lowest BCUT2D eigenvalue weighted by atomic mass is 10.2. The Balaban J connectivity index is 1.89. The predicted octanol–water partition coefficient (Wildman–Crippen LogP) is -0.416. The van der Waals surface area contributed by atoms with Crippen molar-refractivity contribution in [2.75, 3.05) is 12.3 Å². The Bertz CT molecular complexity index is 601. The molecule has 0 fully saturated rings. The average Bonchev–Trinajstić information content (AvgIpc) is 2.75. The molecule has 2 aromatic rings. The summed E-state index contributed by atoms with van der Waals surface area (Å²) in [5.41, 5.74) is 5.86. The molecule has 0 unspecified atom stereocenters. The second-order valence-electron chi connectivity index (χ2n) is 3.71. The van der Waals surface area contributed by atoms with Crippen LogP contribution in [0, 0.1) is 0 Å². The second kappa shape index (κ2) is 5.17. The molecule has 2 aromatic heterocycles. The fraction of sp³-hybridized carbons (Fsp3) is 0.182. The molecule has 7 nitrogen and oxygen atoms in total. The number of nitrogen functional groups attached to an aromatic ring is 1. The molecule has 2 heterocycles. The summed E-state index contributed by atoms with van der Waals surface area (Å²) in [5.74, 6) is -0.406. The quantitative estimate of drug-likeness (QED) is 0.682. The summed E-state index contributed by atoms with van der Waals surface area (Å²) in [4.78, 5) is 25.8. The van der Waals surface area contributed by atoms with Gasteiger partial charge in [-0.25, -0.2) is 0 Å². The van der Waals surface area contributed by atoms with Crippen molar-refractivity contribution in [3.8, 4) is 0 Å². The summed E-state index contributed by atoms with van der Waals surface area (Å²) >= 11 is 0. The molecule has 0 aromatic carbocycles. The minimum Gasteiger partial charge on any atom is -0.396 e. The molecule has 0 spiro atoms. The van der Waals surface area contributed by atoms with Gasteiger partial charge < -0.3 is 16.0 Å². The van der Waals surface area contributed by atoms with Gasteiger partial charge in [0.2, 0.25) is 0 Å². The summed E-state index contributed by atoms with van der Waals surface area (Å²) in [6.45, 7) is 0.863. The number of nitrogens with zero attached hydrogens (tertiary/aromatic N) is 2. The zero-order valence-corrected chi connectivity index (χ0v) is 9.59. The van der Waals surface area contributed by atoms with Gasteiger partial charge in [-0.05, 0) is 0 Å². The molecule has 7 heteroatoms. The first-order valence-corrected chi connectivity index (χ1v) is 5.40. The summed E-state index contributed by atoms with van der Waals surface area (Å²) in [6, 6.07) is 1.31. The molecule has 0 bridgehead atoms. The summed E-state index contributed by atoms with van der Waals surface area (Å²) in [5, 5.41) is 6.61. The van der Waals surface area contributed by atoms with Crippen LogP contribution < -0.4 is 16.5 Å². The van der Waals surface area contributed by atoms with Gasteiger partial charge in [-0.1, -0.05) is 0 Å². The number of carbonyl (C=O) groups excluding carboxylic acids is 1. The largest absolute Gasteiger partial charge is 0.396 e. The predicted molar refractivity (Wildman–Crippen MR) is 66.0 cm³/mol. The number of anilines is 1. The molecule has 0 radical (unpaired) electrons. The van der Waals surface area contributed by atoms with E-state index in [4.69, 9.17) is 5.73 Å². The van der Waals surface area contributed by atoms with Crippen molar-refractivity contribution in [1.29, 1.82) is 0 Å². The Kier molecular flexibility index (Phi) is 3.42. The first-order valence-electron chi connectivity index (χ1n) is 5.40. The Hall–Kier alpha value is -2.57. The van der Waals surface area contributed by atoms with Crippen molar-refractivity contribution in [3.05, 3.63) is 46.6 Å². The number of nitrogens with two attached hydrogens (primary N) is 1. The van der Waals surface area contributed by atoms with E-state index in [0.717, 1.165) is 0 Å². The summed E-state index contributed by atoms with van der Waals surface area (Å²) < 4.78 is 1.62. The van der Waals surface area contributed by atoms with Crippen LogP contribution in [-0.2, 0) is 6.54 Å². The Morgan fingerprint density at radius 3 is 3.06 bits per heavy atom. The Labute approximate surface area is 103 Å². The molecule has 0 saturated carbocycles. The van der Waals surface area contributed by atoms with E-state index in [2.05, 4.69) is 15.4 Å². The van der Waals surface area contributed by atoms with Gasteiger partial charge in [0.1, 0.15) is 5.56 Å². The summed E-state index contributed by atoms with van der Waals surface area (Å²) in [6.07, 6.45) is 6.06. The molecular formula is C11H13N5O2. The molecule has 0 aliphatic carbocycles. The second-order valence-corrected chi connectivity index (χ2v) is 3.71. The molecule has 0 atom stereocenters. The first-order chi connectivity index (χ1) is 8.66. The maximum absolute atomic E-state index is 11.7. The maximum Gasteiger partial charge on any atom is 0.256 e. The van der Waals surface area contributed by atoms with E-state index in [-0.39, 0.29) is 11.0 Å². The number of carbonyl (C=O) groups is 1. The van der Waals surface area contributed by atoms with Crippen LogP contribution in [0.15, 0.2) is 35.6 Å². The van der Waals surface area contributed by atoms with Crippen molar-refractivity contribution >= 4 is 11.6 Å². The van der Waals surface area contributed by atoms with Gasteiger partial charge in [-0.2, -0.15) is 5.10 Å². The van der Waals surface area contributed by atoms with E-state index < -0.39 is 5.91 Å². The highest BCUT2D eigenvalue weighted by Gasteiger charge is 2.08. The van der Waals surface area contributed by atoms with Crippen LogP contribution >= 0.6 is 0 Å². The van der Waals surface area contributed by atoms with Crippen LogP contribution in [0.2, 0.25) is 0 Å². The van der Waals surface area contributed by atoms with E-state index in [1.807, 2.05) is 0 Å². The van der Waals surface area contributed by atoms with Gasteiger partial charge in [0.05, 0.1) is 18.4 Å². The molecule has 0 aliphatic rings. The lowest BCUT2D eigenvalue weighted by Crippen LogP contribution is -2.31. The zero-order chi connectivity index (χ0) is 13.0. The van der Waals surface area contributed by atoms with E-state index in [9.17, 15) is 9.59 Å². The molecule has 1 amide bonds. The SMILES string of the molecule is Nc1cnn(CCNC(=O)c2c[nH]ccc2=O)c1. The highest BCUT2D eigenvalue weighted by atomic mass is 16.2. The Morgan fingerprint density at radius 1 is 1.56 bits per heavy atom. The van der Waals surface area contributed by atoms with Crippen LogP contribution in [0.25, 0.3) is 0 Å². The number of aromatic amines is 1. The fourth-order valence-electron chi connectivity index (χ4n) is 1.47. The van der Waals surface area contributed by atoms with Crippen LogP contribution in [0.5, 0.6) is 0 Å². The highest BCUT2D eigenvalue weighted by molar-refractivity contribution is 5.93. The minimum atomic E-state index is -0.406. The molecule has 4 N–H and O–H groups in total. The number of hydrogen-bond donors (Lipinski definition) is 3. The number of hydrogen-bond acceptors (Lipinski definition) is 4. The number of nitrogens with one attached hydrogen (secondary N) is 2. The van der Waals surface area contributed by atoms with E-state index >= 15 is 0 Å². The first kappa shape index (κ1) is 11.9. The molecule has 2 rings (SSSR count). The highest BCUT2D eigenvalue weighted by Crippen LogP contribution is 1.96. The van der Waals surface area contributed by atoms with E-state index in [1.165, 1.54) is 24.7 Å². The van der Waals surface area contributed by atoms with Gasteiger partial charge in [-0.3, -0.25) is 14.3 Å². The van der Waals surface area contributed by atoms with Crippen molar-refractivity contribution in [2.45, 2.75) is 6.54 Å². The van der Waals surface area contributed by atoms with Gasteiger partial charge >= 0.3 is 0 Å². The molecule has 94 valence electrons. The van der Waals surface area contributed by atoms with Gasteiger partial charge in [0.15, 0.2) is 5.43 Å². The third-order valence-corrected chi connectivity index (χ3v) is 2.35. The molecular weight excluding hydrogens is 234 g/mol. The van der Waals surface area contributed by atoms with Crippen LogP contribution in [0.4, 0.5) is 5.69 Å². The zero-order valence-electron chi connectivity index (χ0n) is 9.59. The Morgan fingerprint density at radius 2 is 2.39 bits per heavy atom. The van der Waals surface area contributed by atoms with Crippen LogP contribution in [0.3, 0.4) is 0 Å².